The summed E-state index contributed by atoms with van der Waals surface area (Å²) in [5, 5.41) is 9.16. The Balaban J connectivity index is 2.02. The van der Waals surface area contributed by atoms with Crippen molar-refractivity contribution in [1.29, 1.82) is 0 Å². The van der Waals surface area contributed by atoms with Crippen molar-refractivity contribution in [2.24, 2.45) is 0 Å². The predicted molar refractivity (Wildman–Crippen MR) is 119 cm³/mol. The molecule has 1 N–H and O–H groups in total. The molecule has 7 nitrogen and oxygen atoms in total. The summed E-state index contributed by atoms with van der Waals surface area (Å²) >= 11 is 0. The van der Waals surface area contributed by atoms with E-state index >= 15 is 0 Å². The van der Waals surface area contributed by atoms with Crippen LogP contribution in [0.3, 0.4) is 0 Å². The van der Waals surface area contributed by atoms with Gasteiger partial charge in [-0.2, -0.15) is 0 Å². The number of rotatable bonds is 10. The van der Waals surface area contributed by atoms with Crippen LogP contribution in [0.15, 0.2) is 94.8 Å². The molecule has 0 saturated carbocycles. The van der Waals surface area contributed by atoms with E-state index in [1.807, 2.05) is 0 Å². The molecular formula is C23H24O7S2. The molecule has 0 saturated heterocycles. The second-order valence-electron chi connectivity index (χ2n) is 7.28. The fourth-order valence-electron chi connectivity index (χ4n) is 3.47. The molecule has 0 radical (unpaired) electrons. The van der Waals surface area contributed by atoms with Crippen LogP contribution < -0.4 is 0 Å². The molecule has 0 heterocycles. The molecule has 2 aromatic rings. The minimum absolute atomic E-state index is 0.0317. The van der Waals surface area contributed by atoms with Crippen LogP contribution >= 0.6 is 0 Å². The summed E-state index contributed by atoms with van der Waals surface area (Å²) in [7, 11) is -8.55. The first-order valence-corrected chi connectivity index (χ1v) is 13.1. The first-order valence-electron chi connectivity index (χ1n) is 9.96. The van der Waals surface area contributed by atoms with E-state index in [1.54, 1.807) is 12.1 Å². The lowest BCUT2D eigenvalue weighted by molar-refractivity contribution is -0.111. The van der Waals surface area contributed by atoms with E-state index in [9.17, 15) is 21.6 Å². The first-order chi connectivity index (χ1) is 15.2. The van der Waals surface area contributed by atoms with E-state index in [1.165, 1.54) is 72.8 Å². The number of hydrogen-bond donors (Lipinski definition) is 1. The van der Waals surface area contributed by atoms with Crippen molar-refractivity contribution < 1.29 is 31.5 Å². The van der Waals surface area contributed by atoms with Gasteiger partial charge in [-0.1, -0.05) is 36.4 Å². The topological polar surface area (TPSA) is 115 Å². The highest BCUT2D eigenvalue weighted by molar-refractivity contribution is 8.09. The van der Waals surface area contributed by atoms with Gasteiger partial charge in [0.2, 0.25) is 0 Å². The van der Waals surface area contributed by atoms with Gasteiger partial charge in [0.25, 0.3) is 0 Å². The molecule has 3 rings (SSSR count). The number of aliphatic hydroxyl groups is 1. The first kappa shape index (κ1) is 24.1. The van der Waals surface area contributed by atoms with Crippen LogP contribution in [-0.4, -0.2) is 51.1 Å². The average molecular weight is 477 g/mol. The number of allylic oxidation sites excluding steroid dienone is 2. The van der Waals surface area contributed by atoms with E-state index in [0.29, 0.717) is 0 Å². The number of sulfone groups is 2. The molecule has 0 fully saturated rings. The van der Waals surface area contributed by atoms with Crippen LogP contribution in [0.5, 0.6) is 0 Å². The minimum Gasteiger partial charge on any atom is -0.394 e. The number of hydrogen-bond acceptors (Lipinski definition) is 7. The molecule has 2 aromatic carbocycles. The second-order valence-corrected chi connectivity index (χ2v) is 11.8. The maximum Gasteiger partial charge on any atom is 0.195 e. The summed E-state index contributed by atoms with van der Waals surface area (Å²) in [5.74, 6) is -0.265. The van der Waals surface area contributed by atoms with Crippen LogP contribution in [-0.2, 0) is 29.2 Å². The van der Waals surface area contributed by atoms with E-state index < -0.39 is 29.9 Å². The monoisotopic (exact) mass is 476 g/mol. The molecule has 0 unspecified atom stereocenters. The number of ketones is 1. The number of ether oxygens (including phenoxy) is 1. The third-order valence-electron chi connectivity index (χ3n) is 5.13. The zero-order valence-corrected chi connectivity index (χ0v) is 18.8. The van der Waals surface area contributed by atoms with E-state index in [-0.39, 0.29) is 41.6 Å². The van der Waals surface area contributed by atoms with Crippen molar-refractivity contribution in [2.75, 3.05) is 13.2 Å². The lowest BCUT2D eigenvalue weighted by atomic mass is 9.92. The fourth-order valence-corrected chi connectivity index (χ4v) is 8.01. The molecule has 0 bridgehead atoms. The zero-order chi connectivity index (χ0) is 23.2. The van der Waals surface area contributed by atoms with Gasteiger partial charge in [0.05, 0.1) is 23.0 Å². The predicted octanol–water partition coefficient (Wildman–Crippen LogP) is 2.48. The molecule has 9 heteroatoms. The highest BCUT2D eigenvalue weighted by Crippen LogP contribution is 2.33. The molecule has 170 valence electrons. The van der Waals surface area contributed by atoms with Gasteiger partial charge in [-0.05, 0) is 61.4 Å². The Morgan fingerprint density at radius 1 is 0.812 bits per heavy atom. The molecule has 1 aliphatic carbocycles. The van der Waals surface area contributed by atoms with Gasteiger partial charge in [0.15, 0.2) is 30.0 Å². The summed E-state index contributed by atoms with van der Waals surface area (Å²) in [6, 6.07) is 14.9. The van der Waals surface area contributed by atoms with Crippen LogP contribution in [0.25, 0.3) is 0 Å². The van der Waals surface area contributed by atoms with Gasteiger partial charge in [0.1, 0.15) is 5.60 Å². The van der Waals surface area contributed by atoms with Gasteiger partial charge >= 0.3 is 0 Å². The smallest absolute Gasteiger partial charge is 0.195 e. The molecule has 0 spiro atoms. The number of aliphatic hydroxyl groups excluding tert-OH is 1. The van der Waals surface area contributed by atoms with Gasteiger partial charge in [0, 0.05) is 0 Å². The maximum absolute atomic E-state index is 13.4. The molecule has 0 aliphatic heterocycles. The fraction of sp³-hybridized carbons (Fsp3) is 0.261. The Morgan fingerprint density at radius 2 is 1.28 bits per heavy atom. The largest absolute Gasteiger partial charge is 0.394 e. The van der Waals surface area contributed by atoms with Crippen molar-refractivity contribution in [3.8, 4) is 0 Å². The summed E-state index contributed by atoms with van der Waals surface area (Å²) < 4.78 is 57.7. The Kier molecular flexibility index (Phi) is 7.45. The van der Waals surface area contributed by atoms with Gasteiger partial charge in [-0.25, -0.2) is 16.8 Å². The van der Waals surface area contributed by atoms with Gasteiger partial charge < -0.3 is 9.84 Å². The second kappa shape index (κ2) is 9.91. The van der Waals surface area contributed by atoms with E-state index in [2.05, 4.69) is 0 Å². The number of carbonyl (C=O) groups is 1. The highest BCUT2D eigenvalue weighted by atomic mass is 32.3. The molecule has 32 heavy (non-hydrogen) atoms. The normalized spacial score (nSPS) is 15.9. The van der Waals surface area contributed by atoms with Gasteiger partial charge in [-0.3, -0.25) is 4.79 Å². The summed E-state index contributed by atoms with van der Waals surface area (Å²) in [6.45, 7) is -0.351. The Hall–Kier alpha value is -2.59. The molecule has 0 atom stereocenters. The highest BCUT2D eigenvalue weighted by Gasteiger charge is 2.41. The van der Waals surface area contributed by atoms with Crippen molar-refractivity contribution in [1.82, 2.24) is 0 Å². The summed E-state index contributed by atoms with van der Waals surface area (Å²) in [4.78, 5) is 11.4. The molecule has 0 aromatic heterocycles. The van der Waals surface area contributed by atoms with Crippen molar-refractivity contribution in [3.63, 3.8) is 0 Å². The quantitative estimate of drug-likeness (QED) is 0.560. The molecule has 1 aliphatic rings. The third kappa shape index (κ3) is 5.24. The number of benzene rings is 2. The Morgan fingerprint density at radius 3 is 1.72 bits per heavy atom. The number of carbonyl (C=O) groups excluding carboxylic acids is 1. The zero-order valence-electron chi connectivity index (χ0n) is 17.2. The van der Waals surface area contributed by atoms with E-state index in [4.69, 9.17) is 9.84 Å². The van der Waals surface area contributed by atoms with E-state index in [0.717, 1.165) is 0 Å². The summed E-state index contributed by atoms with van der Waals surface area (Å²) in [5.41, 5.74) is -1.20. The Labute approximate surface area is 187 Å². The Bertz CT molecular complexity index is 1110. The molecule has 0 amide bonds. The van der Waals surface area contributed by atoms with Crippen molar-refractivity contribution in [3.05, 3.63) is 85.0 Å². The average Bonchev–Trinajstić information content (AvgIpc) is 2.80. The minimum atomic E-state index is -4.27. The third-order valence-corrected chi connectivity index (χ3v) is 10.4. The van der Waals surface area contributed by atoms with Gasteiger partial charge in [-0.15, -0.1) is 0 Å². The van der Waals surface area contributed by atoms with Crippen LogP contribution in [0.1, 0.15) is 12.8 Å². The summed E-state index contributed by atoms with van der Waals surface area (Å²) in [6.07, 6.45) is 5.17. The standard InChI is InChI=1S/C23H24O7S2/c24-17-18-30-23(14-11-19(25)12-15-23)16-13-22(31(26,27)20-7-3-1-4-8-20)32(28,29)21-9-5-2-6-10-21/h1-12,14-15,22,24H,13,16-18H2. The van der Waals surface area contributed by atoms with Crippen LogP contribution in [0.2, 0.25) is 0 Å². The maximum atomic E-state index is 13.4. The van der Waals surface area contributed by atoms with Crippen LogP contribution in [0.4, 0.5) is 0 Å². The van der Waals surface area contributed by atoms with Crippen molar-refractivity contribution in [2.45, 2.75) is 32.8 Å². The lowest BCUT2D eigenvalue weighted by Crippen LogP contribution is -2.36. The van der Waals surface area contributed by atoms with Crippen molar-refractivity contribution >= 4 is 25.5 Å². The molecular weight excluding hydrogens is 452 g/mol. The lowest BCUT2D eigenvalue weighted by Gasteiger charge is -2.30. The van der Waals surface area contributed by atoms with Crippen LogP contribution in [0, 0.1) is 0 Å². The SMILES string of the molecule is O=C1C=CC(CCC(S(=O)(=O)c2ccccc2)S(=O)(=O)c2ccccc2)(OCCO)C=C1.